The molecule has 1 aromatic rings. The van der Waals surface area contributed by atoms with E-state index in [1.165, 1.54) is 6.07 Å². The summed E-state index contributed by atoms with van der Waals surface area (Å²) in [7, 11) is 0. The van der Waals surface area contributed by atoms with E-state index in [4.69, 9.17) is 5.73 Å². The minimum Gasteiger partial charge on any atom is -0.507 e. The fourth-order valence-corrected chi connectivity index (χ4v) is 2.28. The van der Waals surface area contributed by atoms with E-state index < -0.39 is 23.5 Å². The van der Waals surface area contributed by atoms with Crippen molar-refractivity contribution in [1.82, 2.24) is 0 Å². The molecule has 6 heteroatoms. The molecule has 0 amide bonds. The van der Waals surface area contributed by atoms with Crippen LogP contribution in [0.25, 0.3) is 0 Å². The predicted molar refractivity (Wildman–Crippen MR) is 60.5 cm³/mol. The van der Waals surface area contributed by atoms with Gasteiger partial charge in [-0.2, -0.15) is 13.2 Å². The fourth-order valence-electron chi connectivity index (χ4n) is 1.80. The Labute approximate surface area is 105 Å². The van der Waals surface area contributed by atoms with Crippen molar-refractivity contribution in [2.45, 2.75) is 25.1 Å². The van der Waals surface area contributed by atoms with Gasteiger partial charge in [-0.15, -0.1) is 0 Å². The highest BCUT2D eigenvalue weighted by molar-refractivity contribution is 9.10. The molecule has 1 aliphatic carbocycles. The van der Waals surface area contributed by atoms with Crippen molar-refractivity contribution in [2.24, 2.45) is 11.7 Å². The molecule has 0 spiro atoms. The molecule has 0 radical (unpaired) electrons. The third-order valence-electron chi connectivity index (χ3n) is 2.90. The number of hydrogen-bond acceptors (Lipinski definition) is 2. The van der Waals surface area contributed by atoms with Gasteiger partial charge < -0.3 is 10.8 Å². The van der Waals surface area contributed by atoms with Crippen molar-refractivity contribution in [3.8, 4) is 5.75 Å². The summed E-state index contributed by atoms with van der Waals surface area (Å²) in [6.45, 7) is 0. The molecule has 1 aliphatic rings. The number of halogens is 4. The maximum atomic E-state index is 12.7. The smallest absolute Gasteiger partial charge is 0.420 e. The lowest BCUT2D eigenvalue weighted by molar-refractivity contribution is -0.138. The van der Waals surface area contributed by atoms with Gasteiger partial charge >= 0.3 is 6.18 Å². The summed E-state index contributed by atoms with van der Waals surface area (Å²) in [5, 5.41) is 9.68. The van der Waals surface area contributed by atoms with Gasteiger partial charge in [0.1, 0.15) is 5.75 Å². The highest BCUT2D eigenvalue weighted by Crippen LogP contribution is 2.46. The van der Waals surface area contributed by atoms with Crippen LogP contribution in [0.15, 0.2) is 16.6 Å². The Kier molecular flexibility index (Phi) is 3.12. The van der Waals surface area contributed by atoms with E-state index in [1.807, 2.05) is 0 Å². The zero-order valence-corrected chi connectivity index (χ0v) is 10.3. The predicted octanol–water partition coefficient (Wildman–Crippen LogP) is 3.58. The van der Waals surface area contributed by atoms with Crippen LogP contribution in [0.3, 0.4) is 0 Å². The Morgan fingerprint density at radius 1 is 1.35 bits per heavy atom. The highest BCUT2D eigenvalue weighted by Gasteiger charge is 2.38. The summed E-state index contributed by atoms with van der Waals surface area (Å²) in [5.41, 5.74) is 4.95. The average molecular weight is 310 g/mol. The van der Waals surface area contributed by atoms with E-state index in [9.17, 15) is 18.3 Å². The molecule has 1 atom stereocenters. The second-order valence-electron chi connectivity index (χ2n) is 4.25. The summed E-state index contributed by atoms with van der Waals surface area (Å²) in [5.74, 6) is -0.573. The zero-order chi connectivity index (χ0) is 12.8. The second kappa shape index (κ2) is 4.17. The Morgan fingerprint density at radius 3 is 2.41 bits per heavy atom. The second-order valence-corrected chi connectivity index (χ2v) is 5.17. The summed E-state index contributed by atoms with van der Waals surface area (Å²) in [4.78, 5) is 0. The van der Waals surface area contributed by atoms with Crippen molar-refractivity contribution < 1.29 is 18.3 Å². The van der Waals surface area contributed by atoms with Crippen LogP contribution in [-0.2, 0) is 6.18 Å². The number of aromatic hydroxyl groups is 1. The van der Waals surface area contributed by atoms with Crippen molar-refractivity contribution in [1.29, 1.82) is 0 Å². The van der Waals surface area contributed by atoms with Gasteiger partial charge in [-0.05, 0) is 30.9 Å². The Hall–Kier alpha value is -0.750. The number of phenols is 1. The Bertz CT molecular complexity index is 443. The van der Waals surface area contributed by atoms with Crippen molar-refractivity contribution >= 4 is 15.9 Å². The quantitative estimate of drug-likeness (QED) is 0.877. The normalized spacial score (nSPS) is 18.2. The molecule has 17 heavy (non-hydrogen) atoms. The largest absolute Gasteiger partial charge is 0.507 e. The van der Waals surface area contributed by atoms with E-state index in [1.54, 1.807) is 0 Å². The maximum Gasteiger partial charge on any atom is 0.420 e. The number of rotatable bonds is 2. The van der Waals surface area contributed by atoms with Crippen LogP contribution in [0, 0.1) is 5.92 Å². The molecule has 1 aromatic carbocycles. The first kappa shape index (κ1) is 12.7. The lowest BCUT2D eigenvalue weighted by Gasteiger charge is -2.17. The summed E-state index contributed by atoms with van der Waals surface area (Å²) in [6, 6.07) is 1.78. The van der Waals surface area contributed by atoms with Gasteiger partial charge in [-0.1, -0.05) is 15.9 Å². The summed E-state index contributed by atoms with van der Waals surface area (Å²) < 4.78 is 38.3. The van der Waals surface area contributed by atoms with Crippen molar-refractivity contribution in [2.75, 3.05) is 0 Å². The van der Waals surface area contributed by atoms with Crippen LogP contribution in [0.1, 0.15) is 30.0 Å². The van der Waals surface area contributed by atoms with Crippen LogP contribution in [0.2, 0.25) is 0 Å². The van der Waals surface area contributed by atoms with Crippen LogP contribution in [-0.4, -0.2) is 5.11 Å². The lowest BCUT2D eigenvalue weighted by Crippen LogP contribution is -2.15. The van der Waals surface area contributed by atoms with E-state index >= 15 is 0 Å². The van der Waals surface area contributed by atoms with Crippen LogP contribution >= 0.6 is 15.9 Å². The number of benzene rings is 1. The lowest BCUT2D eigenvalue weighted by atomic mass is 9.99. The van der Waals surface area contributed by atoms with Crippen LogP contribution in [0.5, 0.6) is 5.75 Å². The minimum absolute atomic E-state index is 0.161. The van der Waals surface area contributed by atoms with Crippen molar-refractivity contribution in [3.63, 3.8) is 0 Å². The van der Waals surface area contributed by atoms with E-state index in [0.29, 0.717) is 0 Å². The summed E-state index contributed by atoms with van der Waals surface area (Å²) in [6.07, 6.45) is -2.78. The van der Waals surface area contributed by atoms with E-state index in [2.05, 4.69) is 15.9 Å². The molecule has 3 N–H and O–H groups in total. The Balaban J connectivity index is 2.48. The molecule has 94 valence electrons. The van der Waals surface area contributed by atoms with Gasteiger partial charge in [0.05, 0.1) is 5.56 Å². The standard InChI is InChI=1S/C11H11BrF3NO/c12-6-3-7(9(16)5-1-2-5)10(17)8(4-6)11(13,14)15/h3-5,9,17H,1-2,16H2/t9-/m0/s1. The Morgan fingerprint density at radius 2 is 1.94 bits per heavy atom. The monoisotopic (exact) mass is 309 g/mol. The molecule has 0 aromatic heterocycles. The zero-order valence-electron chi connectivity index (χ0n) is 8.76. The molecule has 0 heterocycles. The SMILES string of the molecule is N[C@H](c1cc(Br)cc(C(F)(F)F)c1O)C1CC1. The minimum atomic E-state index is -4.58. The first-order valence-electron chi connectivity index (χ1n) is 5.16. The average Bonchev–Trinajstić information content (AvgIpc) is 3.01. The number of hydrogen-bond donors (Lipinski definition) is 2. The topological polar surface area (TPSA) is 46.2 Å². The maximum absolute atomic E-state index is 12.7. The third-order valence-corrected chi connectivity index (χ3v) is 3.36. The summed E-state index contributed by atoms with van der Waals surface area (Å²) >= 11 is 3.01. The molecule has 0 bridgehead atoms. The van der Waals surface area contributed by atoms with Gasteiger partial charge in [-0.3, -0.25) is 0 Å². The number of phenolic OH excluding ortho intramolecular Hbond substituents is 1. The first-order valence-corrected chi connectivity index (χ1v) is 5.95. The number of alkyl halides is 3. The molecule has 0 aliphatic heterocycles. The molecule has 2 rings (SSSR count). The molecular formula is C11H11BrF3NO. The van der Waals surface area contributed by atoms with Crippen molar-refractivity contribution in [3.05, 3.63) is 27.7 Å². The van der Waals surface area contributed by atoms with Crippen LogP contribution < -0.4 is 5.73 Å². The van der Waals surface area contributed by atoms with Gasteiger partial charge in [0.15, 0.2) is 0 Å². The van der Waals surface area contributed by atoms with Gasteiger partial charge in [-0.25, -0.2) is 0 Å². The molecular weight excluding hydrogens is 299 g/mol. The third kappa shape index (κ3) is 2.57. The molecule has 2 nitrogen and oxygen atoms in total. The molecule has 1 saturated carbocycles. The van der Waals surface area contributed by atoms with E-state index in [0.717, 1.165) is 18.9 Å². The van der Waals surface area contributed by atoms with Gasteiger partial charge in [0, 0.05) is 16.1 Å². The van der Waals surface area contributed by atoms with Crippen LogP contribution in [0.4, 0.5) is 13.2 Å². The van der Waals surface area contributed by atoms with Gasteiger partial charge in [0.25, 0.3) is 0 Å². The first-order chi connectivity index (χ1) is 7.80. The van der Waals surface area contributed by atoms with Gasteiger partial charge in [0.2, 0.25) is 0 Å². The molecule has 0 unspecified atom stereocenters. The van der Waals surface area contributed by atoms with E-state index in [-0.39, 0.29) is 16.0 Å². The number of nitrogens with two attached hydrogens (primary N) is 1. The molecule has 1 fully saturated rings. The highest BCUT2D eigenvalue weighted by atomic mass is 79.9. The molecule has 0 saturated heterocycles. The fraction of sp³-hybridized carbons (Fsp3) is 0.455.